The molecule has 0 saturated carbocycles. The minimum absolute atomic E-state index is 0.0498. The summed E-state index contributed by atoms with van der Waals surface area (Å²) in [5.41, 5.74) is 1.54. The van der Waals surface area contributed by atoms with Gasteiger partial charge in [-0.15, -0.1) is 0 Å². The van der Waals surface area contributed by atoms with E-state index in [4.69, 9.17) is 16.3 Å². The average Bonchev–Trinajstić information content (AvgIpc) is 2.61. The van der Waals surface area contributed by atoms with Crippen molar-refractivity contribution in [2.24, 2.45) is 0 Å². The predicted octanol–water partition coefficient (Wildman–Crippen LogP) is 4.67. The Morgan fingerprint density at radius 3 is 2.58 bits per heavy atom. The van der Waals surface area contributed by atoms with Gasteiger partial charge >= 0.3 is 6.61 Å². The molecule has 26 heavy (non-hydrogen) atoms. The Kier molecular flexibility index (Phi) is 7.41. The second kappa shape index (κ2) is 9.77. The molecule has 0 aromatic heterocycles. The van der Waals surface area contributed by atoms with Gasteiger partial charge in [-0.3, -0.25) is 4.79 Å². The SMILES string of the molecule is CCOc1cc(/C=C/C(=O)NCc2ccc(Cl)cc2)ccc1OC(F)F. The first kappa shape index (κ1) is 19.7. The third-order valence-corrected chi connectivity index (χ3v) is 3.54. The molecule has 0 atom stereocenters. The van der Waals surface area contributed by atoms with E-state index in [9.17, 15) is 13.6 Å². The van der Waals surface area contributed by atoms with E-state index in [1.54, 1.807) is 31.2 Å². The lowest BCUT2D eigenvalue weighted by atomic mass is 10.2. The lowest BCUT2D eigenvalue weighted by Crippen LogP contribution is -2.20. The fourth-order valence-electron chi connectivity index (χ4n) is 2.11. The molecule has 0 spiro atoms. The first-order valence-corrected chi connectivity index (χ1v) is 8.27. The first-order valence-electron chi connectivity index (χ1n) is 7.90. The van der Waals surface area contributed by atoms with Crippen LogP contribution in [0.3, 0.4) is 0 Å². The molecule has 0 radical (unpaired) electrons. The van der Waals surface area contributed by atoms with Crippen molar-refractivity contribution in [2.75, 3.05) is 6.61 Å². The van der Waals surface area contributed by atoms with Crippen molar-refractivity contribution < 1.29 is 23.0 Å². The summed E-state index contributed by atoms with van der Waals surface area (Å²) in [5.74, 6) is -0.145. The van der Waals surface area contributed by atoms with E-state index in [1.165, 1.54) is 18.2 Å². The molecule has 0 aliphatic carbocycles. The maximum absolute atomic E-state index is 12.4. The summed E-state index contributed by atoms with van der Waals surface area (Å²) >= 11 is 5.81. The summed E-state index contributed by atoms with van der Waals surface area (Å²) in [6, 6.07) is 11.6. The number of carbonyl (C=O) groups excluding carboxylic acids is 1. The number of hydrogen-bond donors (Lipinski definition) is 1. The molecular weight excluding hydrogens is 364 g/mol. The number of alkyl halides is 2. The van der Waals surface area contributed by atoms with Gasteiger partial charge in [-0.2, -0.15) is 8.78 Å². The summed E-state index contributed by atoms with van der Waals surface area (Å²) in [6.45, 7) is -0.534. The van der Waals surface area contributed by atoms with E-state index in [2.05, 4.69) is 10.1 Å². The molecule has 2 aromatic carbocycles. The number of carbonyl (C=O) groups is 1. The van der Waals surface area contributed by atoms with Gasteiger partial charge in [0.05, 0.1) is 6.61 Å². The van der Waals surface area contributed by atoms with Gasteiger partial charge in [-0.05, 0) is 48.4 Å². The van der Waals surface area contributed by atoms with Crippen molar-refractivity contribution in [1.82, 2.24) is 5.32 Å². The summed E-state index contributed by atoms with van der Waals surface area (Å²) in [4.78, 5) is 11.9. The largest absolute Gasteiger partial charge is 0.490 e. The lowest BCUT2D eigenvalue weighted by molar-refractivity contribution is -0.116. The second-order valence-corrected chi connectivity index (χ2v) is 5.63. The summed E-state index contributed by atoms with van der Waals surface area (Å²) in [5, 5.41) is 3.37. The molecule has 2 aromatic rings. The molecule has 1 amide bonds. The number of amides is 1. The van der Waals surface area contributed by atoms with Crippen molar-refractivity contribution in [1.29, 1.82) is 0 Å². The fraction of sp³-hybridized carbons (Fsp3) is 0.211. The van der Waals surface area contributed by atoms with E-state index in [0.29, 0.717) is 23.7 Å². The molecule has 0 heterocycles. The van der Waals surface area contributed by atoms with Crippen LogP contribution < -0.4 is 14.8 Å². The van der Waals surface area contributed by atoms with Crippen LogP contribution in [-0.4, -0.2) is 19.1 Å². The van der Waals surface area contributed by atoms with Crippen LogP contribution >= 0.6 is 11.6 Å². The molecule has 0 fully saturated rings. The molecule has 138 valence electrons. The van der Waals surface area contributed by atoms with Gasteiger partial charge in [-0.1, -0.05) is 29.8 Å². The van der Waals surface area contributed by atoms with E-state index in [1.807, 2.05) is 12.1 Å². The smallest absolute Gasteiger partial charge is 0.387 e. The molecule has 1 N–H and O–H groups in total. The van der Waals surface area contributed by atoms with Crippen LogP contribution in [0.2, 0.25) is 5.02 Å². The van der Waals surface area contributed by atoms with E-state index in [-0.39, 0.29) is 17.4 Å². The molecular formula is C19H18ClF2NO3. The number of nitrogens with one attached hydrogen (secondary N) is 1. The quantitative estimate of drug-likeness (QED) is 0.676. The van der Waals surface area contributed by atoms with Crippen molar-refractivity contribution in [3.63, 3.8) is 0 Å². The Hall–Kier alpha value is -2.60. The predicted molar refractivity (Wildman–Crippen MR) is 96.6 cm³/mol. The van der Waals surface area contributed by atoms with Gasteiger partial charge in [0.15, 0.2) is 11.5 Å². The van der Waals surface area contributed by atoms with Crippen LogP contribution in [0.4, 0.5) is 8.78 Å². The van der Waals surface area contributed by atoms with Gasteiger partial charge < -0.3 is 14.8 Å². The topological polar surface area (TPSA) is 47.6 Å². The zero-order chi connectivity index (χ0) is 18.9. The van der Waals surface area contributed by atoms with E-state index in [0.717, 1.165) is 5.56 Å². The van der Waals surface area contributed by atoms with Crippen molar-refractivity contribution in [2.45, 2.75) is 20.1 Å². The zero-order valence-corrected chi connectivity index (χ0v) is 14.8. The van der Waals surface area contributed by atoms with Crippen LogP contribution in [0, 0.1) is 0 Å². The normalized spacial score (nSPS) is 11.0. The lowest BCUT2D eigenvalue weighted by Gasteiger charge is -2.11. The summed E-state index contributed by atoms with van der Waals surface area (Å²) in [7, 11) is 0. The number of ether oxygens (including phenoxy) is 2. The summed E-state index contributed by atoms with van der Waals surface area (Å²) < 4.78 is 34.5. The number of hydrogen-bond acceptors (Lipinski definition) is 3. The molecule has 0 aliphatic heterocycles. The molecule has 7 heteroatoms. The molecule has 0 saturated heterocycles. The Bertz CT molecular complexity index is 764. The monoisotopic (exact) mass is 381 g/mol. The van der Waals surface area contributed by atoms with Gasteiger partial charge in [0.25, 0.3) is 0 Å². The highest BCUT2D eigenvalue weighted by Crippen LogP contribution is 2.30. The van der Waals surface area contributed by atoms with Gasteiger partial charge in [-0.25, -0.2) is 0 Å². The molecule has 4 nitrogen and oxygen atoms in total. The number of rotatable bonds is 8. The number of benzene rings is 2. The Balaban J connectivity index is 1.98. The van der Waals surface area contributed by atoms with Crippen LogP contribution in [-0.2, 0) is 11.3 Å². The summed E-state index contributed by atoms with van der Waals surface area (Å²) in [6.07, 6.45) is 2.92. The van der Waals surface area contributed by atoms with Gasteiger partial charge in [0.1, 0.15) is 0 Å². The zero-order valence-electron chi connectivity index (χ0n) is 14.0. The third-order valence-electron chi connectivity index (χ3n) is 3.29. The number of halogens is 3. The second-order valence-electron chi connectivity index (χ2n) is 5.20. The highest BCUT2D eigenvalue weighted by Gasteiger charge is 2.11. The van der Waals surface area contributed by atoms with Gasteiger partial charge in [0, 0.05) is 17.6 Å². The Labute approximate surface area is 155 Å². The maximum Gasteiger partial charge on any atom is 0.387 e. The molecule has 0 unspecified atom stereocenters. The third kappa shape index (κ3) is 6.37. The molecule has 2 rings (SSSR count). The highest BCUT2D eigenvalue weighted by molar-refractivity contribution is 6.30. The molecule has 0 bridgehead atoms. The fourth-order valence-corrected chi connectivity index (χ4v) is 2.24. The maximum atomic E-state index is 12.4. The van der Waals surface area contributed by atoms with Crippen molar-refractivity contribution in [3.8, 4) is 11.5 Å². The first-order chi connectivity index (χ1) is 12.5. The minimum Gasteiger partial charge on any atom is -0.490 e. The van der Waals surface area contributed by atoms with E-state index < -0.39 is 6.61 Å². The minimum atomic E-state index is -2.94. The van der Waals surface area contributed by atoms with E-state index >= 15 is 0 Å². The highest BCUT2D eigenvalue weighted by atomic mass is 35.5. The van der Waals surface area contributed by atoms with Crippen LogP contribution in [0.1, 0.15) is 18.1 Å². The Morgan fingerprint density at radius 1 is 1.19 bits per heavy atom. The van der Waals surface area contributed by atoms with Gasteiger partial charge in [0.2, 0.25) is 5.91 Å². The van der Waals surface area contributed by atoms with Crippen LogP contribution in [0.15, 0.2) is 48.5 Å². The standard InChI is InChI=1S/C19H18ClF2NO3/c1-2-25-17-11-13(5-9-16(17)26-19(21)22)6-10-18(24)23-12-14-3-7-15(20)8-4-14/h3-11,19H,2,12H2,1H3,(H,23,24)/b10-6+. The van der Waals surface area contributed by atoms with Crippen LogP contribution in [0.25, 0.3) is 6.08 Å². The average molecular weight is 382 g/mol. The van der Waals surface area contributed by atoms with Crippen LogP contribution in [0.5, 0.6) is 11.5 Å². The Morgan fingerprint density at radius 2 is 1.92 bits per heavy atom. The molecule has 0 aliphatic rings. The van der Waals surface area contributed by atoms with Crippen molar-refractivity contribution >= 4 is 23.6 Å². The van der Waals surface area contributed by atoms with Crippen molar-refractivity contribution in [3.05, 3.63) is 64.7 Å².